The quantitative estimate of drug-likeness (QED) is 0.383. The maximum absolute atomic E-state index is 13.7. The maximum Gasteiger partial charge on any atom is 0.338 e. The summed E-state index contributed by atoms with van der Waals surface area (Å²) in [6.07, 6.45) is 1.82. The first-order chi connectivity index (χ1) is 16.8. The van der Waals surface area contributed by atoms with Gasteiger partial charge in [0.2, 0.25) is 0 Å². The second-order valence-corrected chi connectivity index (χ2v) is 10.4. The van der Waals surface area contributed by atoms with Crippen LogP contribution in [0, 0.1) is 0 Å². The zero-order valence-electron chi connectivity index (χ0n) is 19.4. The third-order valence-corrected chi connectivity index (χ3v) is 7.68. The molecule has 4 rings (SSSR count). The molecule has 10 heteroatoms. The van der Waals surface area contributed by atoms with E-state index in [9.17, 15) is 9.59 Å². The Morgan fingerprint density at radius 1 is 1.14 bits per heavy atom. The summed E-state index contributed by atoms with van der Waals surface area (Å²) in [5.74, 6) is 0.465. The van der Waals surface area contributed by atoms with Crippen molar-refractivity contribution in [3.05, 3.63) is 87.4 Å². The van der Waals surface area contributed by atoms with Gasteiger partial charge in [0.1, 0.15) is 0 Å². The number of fused-ring (bicyclic) bond motifs is 1. The summed E-state index contributed by atoms with van der Waals surface area (Å²) >= 11 is 8.30. The van der Waals surface area contributed by atoms with Crippen molar-refractivity contribution >= 4 is 55.2 Å². The third kappa shape index (κ3) is 4.87. The molecule has 0 unspecified atom stereocenters. The van der Waals surface area contributed by atoms with Gasteiger partial charge in [0.25, 0.3) is 5.56 Å². The summed E-state index contributed by atoms with van der Waals surface area (Å²) < 4.78 is 19.9. The van der Waals surface area contributed by atoms with Crippen molar-refractivity contribution in [3.63, 3.8) is 0 Å². The van der Waals surface area contributed by atoms with Gasteiger partial charge in [0.05, 0.1) is 42.7 Å². The van der Waals surface area contributed by atoms with E-state index in [-0.39, 0.29) is 12.2 Å². The van der Waals surface area contributed by atoms with Gasteiger partial charge < -0.3 is 14.2 Å². The van der Waals surface area contributed by atoms with Crippen LogP contribution in [-0.2, 0) is 9.53 Å². The number of thiazole rings is 1. The molecular formula is C25H22Br2N2O5S. The van der Waals surface area contributed by atoms with Gasteiger partial charge in [-0.05, 0) is 55.3 Å². The SMILES string of the molecule is CCOC(=O)C1=C(C)N=c2s/c(=C\c3ccc(Br)cc3)c(=O)n2[C@H]1c1cc(OC)c(OC)cc1Br. The Labute approximate surface area is 222 Å². The van der Waals surface area contributed by atoms with Crippen LogP contribution in [0.25, 0.3) is 6.08 Å². The molecule has 0 aliphatic carbocycles. The molecule has 0 saturated heterocycles. The number of rotatable bonds is 6. The van der Waals surface area contributed by atoms with Gasteiger partial charge in [-0.3, -0.25) is 9.36 Å². The molecule has 7 nitrogen and oxygen atoms in total. The number of esters is 1. The highest BCUT2D eigenvalue weighted by molar-refractivity contribution is 9.10. The van der Waals surface area contributed by atoms with Crippen molar-refractivity contribution in [2.45, 2.75) is 19.9 Å². The number of carbonyl (C=O) groups is 1. The monoisotopic (exact) mass is 620 g/mol. The summed E-state index contributed by atoms with van der Waals surface area (Å²) in [5.41, 5.74) is 2.06. The van der Waals surface area contributed by atoms with Crippen molar-refractivity contribution in [2.24, 2.45) is 4.99 Å². The molecule has 0 amide bonds. The molecule has 0 fully saturated rings. The van der Waals surface area contributed by atoms with E-state index in [1.54, 1.807) is 37.7 Å². The first-order valence-electron chi connectivity index (χ1n) is 10.7. The van der Waals surface area contributed by atoms with Crippen LogP contribution >= 0.6 is 43.2 Å². The molecule has 1 aromatic heterocycles. The van der Waals surface area contributed by atoms with Crippen LogP contribution in [0.2, 0.25) is 0 Å². The van der Waals surface area contributed by atoms with Gasteiger partial charge in [-0.2, -0.15) is 0 Å². The Bertz CT molecular complexity index is 1510. The number of benzene rings is 2. The lowest BCUT2D eigenvalue weighted by molar-refractivity contribution is -0.139. The average Bonchev–Trinajstić information content (AvgIpc) is 3.14. The van der Waals surface area contributed by atoms with Crippen molar-refractivity contribution in [1.29, 1.82) is 0 Å². The molecule has 2 heterocycles. The molecule has 2 aromatic carbocycles. The van der Waals surface area contributed by atoms with Gasteiger partial charge in [0, 0.05) is 8.95 Å². The van der Waals surface area contributed by atoms with Gasteiger partial charge in [-0.1, -0.05) is 55.3 Å². The minimum Gasteiger partial charge on any atom is -0.493 e. The smallest absolute Gasteiger partial charge is 0.338 e. The number of nitrogens with zero attached hydrogens (tertiary/aromatic N) is 2. The summed E-state index contributed by atoms with van der Waals surface area (Å²) in [6.45, 7) is 3.69. The number of allylic oxidation sites excluding steroid dienone is 1. The number of methoxy groups -OCH3 is 2. The first-order valence-corrected chi connectivity index (χ1v) is 13.1. The van der Waals surface area contributed by atoms with Gasteiger partial charge in [-0.15, -0.1) is 0 Å². The number of aromatic nitrogens is 1. The fourth-order valence-corrected chi connectivity index (χ4v) is 5.73. The number of ether oxygens (including phenoxy) is 3. The molecule has 0 spiro atoms. The van der Waals surface area contributed by atoms with Crippen LogP contribution < -0.4 is 24.4 Å². The second kappa shape index (κ2) is 10.5. The summed E-state index contributed by atoms with van der Waals surface area (Å²) in [6, 6.07) is 10.4. The molecule has 0 bridgehead atoms. The molecule has 182 valence electrons. The fraction of sp³-hybridized carbons (Fsp3) is 0.240. The molecular weight excluding hydrogens is 600 g/mol. The highest BCUT2D eigenvalue weighted by Gasteiger charge is 2.35. The van der Waals surface area contributed by atoms with E-state index in [4.69, 9.17) is 14.2 Å². The summed E-state index contributed by atoms with van der Waals surface area (Å²) in [7, 11) is 3.08. The lowest BCUT2D eigenvalue weighted by Gasteiger charge is -2.26. The van der Waals surface area contributed by atoms with Gasteiger partial charge >= 0.3 is 5.97 Å². The van der Waals surface area contributed by atoms with Crippen molar-refractivity contribution < 1.29 is 19.0 Å². The molecule has 35 heavy (non-hydrogen) atoms. The van der Waals surface area contributed by atoms with Crippen molar-refractivity contribution in [2.75, 3.05) is 20.8 Å². The average molecular weight is 622 g/mol. The molecule has 0 N–H and O–H groups in total. The van der Waals surface area contributed by atoms with Crippen LogP contribution in [0.5, 0.6) is 11.5 Å². The predicted octanol–water partition coefficient (Wildman–Crippen LogP) is 4.34. The Balaban J connectivity index is 2.01. The lowest BCUT2D eigenvalue weighted by Crippen LogP contribution is -2.40. The highest BCUT2D eigenvalue weighted by Crippen LogP contribution is 2.40. The standard InChI is InChI=1S/C25H22Br2N2O5S/c1-5-34-24(31)21-13(2)28-25-29(22(21)16-11-18(32-3)19(33-4)12-17(16)27)23(30)20(35-25)10-14-6-8-15(26)9-7-14/h6-12,22H,5H2,1-4H3/b20-10-/t22-/m0/s1. The Morgan fingerprint density at radius 3 is 2.43 bits per heavy atom. The van der Waals surface area contributed by atoms with Crippen molar-refractivity contribution in [1.82, 2.24) is 4.57 Å². The highest BCUT2D eigenvalue weighted by atomic mass is 79.9. The third-order valence-electron chi connectivity index (χ3n) is 5.48. The summed E-state index contributed by atoms with van der Waals surface area (Å²) in [5, 5.41) is 0. The van der Waals surface area contributed by atoms with E-state index in [1.807, 2.05) is 30.3 Å². The molecule has 1 aliphatic heterocycles. The molecule has 1 atom stereocenters. The van der Waals surface area contributed by atoms with E-state index in [2.05, 4.69) is 36.9 Å². The van der Waals surface area contributed by atoms with E-state index in [1.165, 1.54) is 18.4 Å². The Kier molecular flexibility index (Phi) is 7.63. The van der Waals surface area contributed by atoms with Gasteiger partial charge in [-0.25, -0.2) is 9.79 Å². The molecule has 3 aromatic rings. The van der Waals surface area contributed by atoms with Gasteiger partial charge in [0.15, 0.2) is 16.3 Å². The van der Waals surface area contributed by atoms with E-state index in [0.717, 1.165) is 10.0 Å². The predicted molar refractivity (Wildman–Crippen MR) is 142 cm³/mol. The van der Waals surface area contributed by atoms with Crippen LogP contribution in [0.1, 0.15) is 31.0 Å². The minimum absolute atomic E-state index is 0.198. The number of carbonyl (C=O) groups excluding carboxylic acids is 1. The molecule has 0 radical (unpaired) electrons. The molecule has 0 saturated carbocycles. The van der Waals surface area contributed by atoms with Crippen LogP contribution in [0.15, 0.2) is 66.4 Å². The number of hydrogen-bond acceptors (Lipinski definition) is 7. The molecule has 1 aliphatic rings. The topological polar surface area (TPSA) is 79.1 Å². The fourth-order valence-electron chi connectivity index (χ4n) is 3.88. The zero-order valence-corrected chi connectivity index (χ0v) is 23.4. The Morgan fingerprint density at radius 2 is 1.80 bits per heavy atom. The van der Waals surface area contributed by atoms with E-state index in [0.29, 0.717) is 42.1 Å². The number of hydrogen-bond donors (Lipinski definition) is 0. The largest absolute Gasteiger partial charge is 0.493 e. The normalized spacial score (nSPS) is 15.5. The second-order valence-electron chi connectivity index (χ2n) is 7.58. The maximum atomic E-state index is 13.7. The lowest BCUT2D eigenvalue weighted by atomic mass is 9.95. The van der Waals surface area contributed by atoms with E-state index >= 15 is 0 Å². The zero-order chi connectivity index (χ0) is 25.3. The number of halogens is 2. The van der Waals surface area contributed by atoms with Crippen molar-refractivity contribution in [3.8, 4) is 11.5 Å². The van der Waals surface area contributed by atoms with E-state index < -0.39 is 12.0 Å². The van der Waals surface area contributed by atoms with Crippen LogP contribution in [0.3, 0.4) is 0 Å². The minimum atomic E-state index is -0.772. The Hall–Kier alpha value is -2.69. The van der Waals surface area contributed by atoms with Crippen LogP contribution in [-0.4, -0.2) is 31.4 Å². The summed E-state index contributed by atoms with van der Waals surface area (Å²) in [4.78, 5) is 31.9. The van der Waals surface area contributed by atoms with Crippen LogP contribution in [0.4, 0.5) is 0 Å². The first kappa shape index (κ1) is 25.4.